The third-order valence-corrected chi connectivity index (χ3v) is 15.7. The molecular weight excluding hydrogens is 867 g/mol. The van der Waals surface area contributed by atoms with Crippen LogP contribution in [0.2, 0.25) is 0 Å². The predicted octanol–water partition coefficient (Wildman–Crippen LogP) is 18.8. The van der Waals surface area contributed by atoms with E-state index >= 15 is 0 Å². The Morgan fingerprint density at radius 2 is 0.843 bits per heavy atom. The lowest BCUT2D eigenvalue weighted by molar-refractivity contribution is 0.669. The molecule has 1 atom stereocenters. The van der Waals surface area contributed by atoms with Crippen LogP contribution in [0.5, 0.6) is 0 Å². The molecule has 3 heteroatoms. The largest absolute Gasteiger partial charge is 0.456 e. The minimum atomic E-state index is -0.563. The molecule has 70 heavy (non-hydrogen) atoms. The Bertz CT molecular complexity index is 3940. The first-order chi connectivity index (χ1) is 34.7. The third-order valence-electron chi connectivity index (χ3n) is 14.6. The molecule has 0 saturated heterocycles. The Hall–Kier alpha value is -8.76. The predicted molar refractivity (Wildman–Crippen MR) is 295 cm³/mol. The van der Waals surface area contributed by atoms with Gasteiger partial charge in [0.05, 0.1) is 5.41 Å². The Morgan fingerprint density at radius 3 is 1.56 bits per heavy atom. The van der Waals surface area contributed by atoms with Crippen LogP contribution in [-0.4, -0.2) is 0 Å². The van der Waals surface area contributed by atoms with Gasteiger partial charge in [0.25, 0.3) is 0 Å². The summed E-state index contributed by atoms with van der Waals surface area (Å²) in [5, 5.41) is 4.73. The van der Waals surface area contributed by atoms with Gasteiger partial charge in [0.2, 0.25) is 0 Å². The van der Waals surface area contributed by atoms with Gasteiger partial charge in [-0.2, -0.15) is 0 Å². The maximum absolute atomic E-state index is 6.61. The van der Waals surface area contributed by atoms with Crippen molar-refractivity contribution in [3.8, 4) is 44.5 Å². The van der Waals surface area contributed by atoms with E-state index in [0.717, 1.165) is 50.1 Å². The van der Waals surface area contributed by atoms with E-state index in [-0.39, 0.29) is 0 Å². The van der Waals surface area contributed by atoms with E-state index in [1.54, 1.807) is 0 Å². The molecule has 0 bridgehead atoms. The van der Waals surface area contributed by atoms with Gasteiger partial charge in [0.15, 0.2) is 0 Å². The molecule has 328 valence electrons. The Morgan fingerprint density at radius 1 is 0.329 bits per heavy atom. The van der Waals surface area contributed by atoms with Crippen molar-refractivity contribution in [2.75, 3.05) is 4.90 Å². The third kappa shape index (κ3) is 6.19. The van der Waals surface area contributed by atoms with E-state index < -0.39 is 5.41 Å². The molecule has 14 rings (SSSR count). The highest BCUT2D eigenvalue weighted by Gasteiger charge is 2.47. The number of hydrogen-bond acceptors (Lipinski definition) is 3. The Labute approximate surface area is 410 Å². The van der Waals surface area contributed by atoms with Crippen molar-refractivity contribution in [3.63, 3.8) is 0 Å². The fraction of sp³-hybridized carbons (Fsp3) is 0.0149. The van der Waals surface area contributed by atoms with Crippen molar-refractivity contribution in [1.82, 2.24) is 0 Å². The molecule has 0 N–H and O–H groups in total. The maximum atomic E-state index is 6.61. The fourth-order valence-corrected chi connectivity index (χ4v) is 12.7. The first-order valence-corrected chi connectivity index (χ1v) is 24.8. The highest BCUT2D eigenvalue weighted by molar-refractivity contribution is 7.26. The summed E-state index contributed by atoms with van der Waals surface area (Å²) in [4.78, 5) is 2.43. The van der Waals surface area contributed by atoms with Gasteiger partial charge in [-0.1, -0.05) is 200 Å². The van der Waals surface area contributed by atoms with E-state index in [2.05, 4.69) is 266 Å². The minimum absolute atomic E-state index is 0.563. The van der Waals surface area contributed by atoms with Crippen molar-refractivity contribution < 1.29 is 4.42 Å². The van der Waals surface area contributed by atoms with Crippen LogP contribution in [0.4, 0.5) is 17.1 Å². The smallest absolute Gasteiger partial charge is 0.136 e. The van der Waals surface area contributed by atoms with Gasteiger partial charge in [-0.3, -0.25) is 0 Å². The van der Waals surface area contributed by atoms with Gasteiger partial charge in [0, 0.05) is 48.0 Å². The highest BCUT2D eigenvalue weighted by atomic mass is 32.1. The summed E-state index contributed by atoms with van der Waals surface area (Å²) in [6.07, 6.45) is 0. The van der Waals surface area contributed by atoms with Crippen LogP contribution in [-0.2, 0) is 5.41 Å². The number of rotatable bonds is 8. The first kappa shape index (κ1) is 40.3. The second-order valence-electron chi connectivity index (χ2n) is 18.3. The number of benzene rings is 11. The van der Waals surface area contributed by atoms with Crippen LogP contribution in [0, 0.1) is 0 Å². The molecule has 0 aliphatic heterocycles. The second kappa shape index (κ2) is 16.2. The zero-order valence-corrected chi connectivity index (χ0v) is 38.9. The van der Waals surface area contributed by atoms with Crippen molar-refractivity contribution in [3.05, 3.63) is 283 Å². The van der Waals surface area contributed by atoms with Crippen molar-refractivity contribution >= 4 is 70.5 Å². The maximum Gasteiger partial charge on any atom is 0.136 e. The lowest BCUT2D eigenvalue weighted by Crippen LogP contribution is -2.28. The Kier molecular flexibility index (Phi) is 9.33. The number of nitrogens with zero attached hydrogens (tertiary/aromatic N) is 1. The van der Waals surface area contributed by atoms with Gasteiger partial charge < -0.3 is 9.32 Å². The average Bonchev–Trinajstić information content (AvgIpc) is 4.10. The Balaban J connectivity index is 1.000. The summed E-state index contributed by atoms with van der Waals surface area (Å²) < 4.78 is 9.16. The molecule has 1 aliphatic carbocycles. The van der Waals surface area contributed by atoms with Crippen molar-refractivity contribution in [2.24, 2.45) is 0 Å². The quantitative estimate of drug-likeness (QED) is 0.151. The van der Waals surface area contributed by atoms with Crippen LogP contribution in [0.15, 0.2) is 265 Å². The molecule has 2 nitrogen and oxygen atoms in total. The zero-order valence-electron chi connectivity index (χ0n) is 38.1. The molecule has 0 fully saturated rings. The molecule has 0 radical (unpaired) electrons. The molecule has 0 saturated carbocycles. The van der Waals surface area contributed by atoms with Crippen molar-refractivity contribution in [1.29, 1.82) is 0 Å². The first-order valence-electron chi connectivity index (χ1n) is 24.0. The van der Waals surface area contributed by atoms with E-state index in [9.17, 15) is 0 Å². The highest BCUT2D eigenvalue weighted by Crippen LogP contribution is 2.58. The SMILES string of the molecule is c1ccc(-c2cccc3c2-c2ccccc2C3(c2ccccc2)c2ccc(N(c3ccc4oc5cccc(-c6ccccc6)c5c4c3)c3ccc4sc5cccc(-c6ccccc6)c5c4c3)cc2)cc1. The van der Waals surface area contributed by atoms with Crippen LogP contribution in [0.1, 0.15) is 22.3 Å². The molecular formula is C67H43NOS. The normalized spacial score (nSPS) is 14.1. The van der Waals surface area contributed by atoms with Crippen LogP contribution in [0.25, 0.3) is 86.6 Å². The van der Waals surface area contributed by atoms with E-state index in [0.29, 0.717) is 0 Å². The van der Waals surface area contributed by atoms with E-state index in [1.807, 2.05) is 11.3 Å². The summed E-state index contributed by atoms with van der Waals surface area (Å²) in [6.45, 7) is 0. The lowest BCUT2D eigenvalue weighted by Gasteiger charge is -2.34. The lowest BCUT2D eigenvalue weighted by atomic mass is 9.67. The number of thiophene rings is 1. The molecule has 2 heterocycles. The summed E-state index contributed by atoms with van der Waals surface area (Å²) >= 11 is 1.86. The van der Waals surface area contributed by atoms with Crippen LogP contribution >= 0.6 is 11.3 Å². The number of fused-ring (bicyclic) bond motifs is 9. The summed E-state index contributed by atoms with van der Waals surface area (Å²) in [6, 6.07) is 95.5. The van der Waals surface area contributed by atoms with Gasteiger partial charge >= 0.3 is 0 Å². The summed E-state index contributed by atoms with van der Waals surface area (Å²) in [5.41, 5.74) is 19.2. The molecule has 0 spiro atoms. The summed E-state index contributed by atoms with van der Waals surface area (Å²) in [7, 11) is 0. The molecule has 13 aromatic rings. The molecule has 1 aliphatic rings. The van der Waals surface area contributed by atoms with Crippen LogP contribution < -0.4 is 4.90 Å². The zero-order chi connectivity index (χ0) is 46.2. The molecule has 2 aromatic heterocycles. The number of anilines is 3. The van der Waals surface area contributed by atoms with Gasteiger partial charge in [-0.25, -0.2) is 0 Å². The van der Waals surface area contributed by atoms with E-state index in [4.69, 9.17) is 4.42 Å². The van der Waals surface area contributed by atoms with Crippen LogP contribution in [0.3, 0.4) is 0 Å². The van der Waals surface area contributed by atoms with E-state index in [1.165, 1.54) is 75.8 Å². The van der Waals surface area contributed by atoms with Gasteiger partial charge in [-0.15, -0.1) is 11.3 Å². The molecule has 11 aromatic carbocycles. The number of hydrogen-bond donors (Lipinski definition) is 0. The second-order valence-corrected chi connectivity index (χ2v) is 19.4. The molecule has 1 unspecified atom stereocenters. The number of furan rings is 1. The van der Waals surface area contributed by atoms with Gasteiger partial charge in [-0.05, 0) is 127 Å². The average molecular weight is 910 g/mol. The van der Waals surface area contributed by atoms with Crippen molar-refractivity contribution in [2.45, 2.75) is 5.41 Å². The minimum Gasteiger partial charge on any atom is -0.456 e. The van der Waals surface area contributed by atoms with Gasteiger partial charge in [0.1, 0.15) is 11.2 Å². The monoisotopic (exact) mass is 909 g/mol. The fourth-order valence-electron chi connectivity index (χ4n) is 11.6. The summed E-state index contributed by atoms with van der Waals surface area (Å²) in [5.74, 6) is 0. The molecule has 0 amide bonds. The standard InChI is InChI=1S/C67H43NOS/c1-5-18-44(19-6-1)52-27-15-31-59-64(52)55-26-13-14-30-58(55)67(59,47-24-11-4-12-25-47)48-34-36-49(37-35-48)68(50-38-40-60-56(42-50)65-53(28-16-32-61(65)69-60)45-20-7-2-8-21-45)51-39-41-62-57(43-51)66-54(29-17-33-63(66)70-62)46-22-9-3-10-23-46/h1-43H. The topological polar surface area (TPSA) is 16.4 Å².